The highest BCUT2D eigenvalue weighted by molar-refractivity contribution is 5.44. The van der Waals surface area contributed by atoms with E-state index in [4.69, 9.17) is 0 Å². The normalized spacial score (nSPS) is 18.6. The molecule has 2 rings (SSSR count). The molecule has 0 aromatic carbocycles. The van der Waals surface area contributed by atoms with E-state index >= 15 is 0 Å². The van der Waals surface area contributed by atoms with Crippen LogP contribution in [0, 0.1) is 5.92 Å². The van der Waals surface area contributed by atoms with Crippen molar-refractivity contribution < 1.29 is 0 Å². The van der Waals surface area contributed by atoms with Crippen LogP contribution in [0.15, 0.2) is 24.5 Å². The highest BCUT2D eigenvalue weighted by atomic mass is 15.6. The van der Waals surface area contributed by atoms with Crippen LogP contribution in [0.1, 0.15) is 59.3 Å². The van der Waals surface area contributed by atoms with E-state index in [2.05, 4.69) is 47.9 Å². The maximum absolute atomic E-state index is 4.19. The molecule has 1 fully saturated rings. The number of hydrogen-bond acceptors (Lipinski definition) is 3. The lowest BCUT2D eigenvalue weighted by molar-refractivity contribution is 0.154. The summed E-state index contributed by atoms with van der Waals surface area (Å²) in [6, 6.07) is 4.93. The molecule has 0 aliphatic carbocycles. The molecule has 1 unspecified atom stereocenters. The van der Waals surface area contributed by atoms with E-state index in [1.165, 1.54) is 57.3 Å². The number of pyridine rings is 1. The van der Waals surface area contributed by atoms with Gasteiger partial charge in [-0.05, 0) is 43.7 Å². The highest BCUT2D eigenvalue weighted by Crippen LogP contribution is 2.27. The minimum absolute atomic E-state index is 0.612. The lowest BCUT2D eigenvalue weighted by atomic mass is 9.99. The Hall–Kier alpha value is -1.09. The fourth-order valence-electron chi connectivity index (χ4n) is 3.25. The molecule has 1 atom stereocenters. The molecule has 3 heteroatoms. The van der Waals surface area contributed by atoms with Crippen molar-refractivity contribution in [2.45, 2.75) is 65.3 Å². The lowest BCUT2D eigenvalue weighted by Crippen LogP contribution is -2.52. The van der Waals surface area contributed by atoms with Crippen molar-refractivity contribution in [1.82, 2.24) is 9.99 Å². The van der Waals surface area contributed by atoms with E-state index in [0.29, 0.717) is 6.04 Å². The quantitative estimate of drug-likeness (QED) is 0.736. The number of rotatable bonds is 7. The molecule has 0 N–H and O–H groups in total. The van der Waals surface area contributed by atoms with E-state index < -0.39 is 0 Å². The summed E-state index contributed by atoms with van der Waals surface area (Å²) < 4.78 is 0. The number of hydrazine groups is 1. The Morgan fingerprint density at radius 1 is 1.24 bits per heavy atom. The molecule has 118 valence electrons. The zero-order chi connectivity index (χ0) is 15.1. The lowest BCUT2D eigenvalue weighted by Gasteiger charge is -2.45. The Kier molecular flexibility index (Phi) is 6.50. The number of anilines is 1. The largest absolute Gasteiger partial charge is 0.303 e. The first-order chi connectivity index (χ1) is 10.3. The van der Waals surface area contributed by atoms with Gasteiger partial charge in [-0.2, -0.15) is 0 Å². The molecule has 1 aromatic heterocycles. The maximum atomic E-state index is 4.19. The third-order valence-corrected chi connectivity index (χ3v) is 4.70. The van der Waals surface area contributed by atoms with Crippen molar-refractivity contribution in [3.63, 3.8) is 0 Å². The summed E-state index contributed by atoms with van der Waals surface area (Å²) in [5.41, 5.74) is 1.31. The minimum atomic E-state index is 0.612. The summed E-state index contributed by atoms with van der Waals surface area (Å²) in [7, 11) is 0. The van der Waals surface area contributed by atoms with Crippen molar-refractivity contribution in [1.29, 1.82) is 0 Å². The van der Waals surface area contributed by atoms with Crippen LogP contribution in [-0.4, -0.2) is 29.1 Å². The molecule has 3 nitrogen and oxygen atoms in total. The van der Waals surface area contributed by atoms with Gasteiger partial charge in [0.1, 0.15) is 0 Å². The second-order valence-corrected chi connectivity index (χ2v) is 6.39. The standard InChI is InChI=1S/C18H31N3/c1-4-6-7-17(5-2)21(18-8-12-19-13-9-18)20-14-10-16(3)11-15-20/h8-9,12-13,16-17H,4-7,10-11,14-15H2,1-3H3. The summed E-state index contributed by atoms with van der Waals surface area (Å²) in [6.07, 6.45) is 11.5. The van der Waals surface area contributed by atoms with Gasteiger partial charge in [0.2, 0.25) is 0 Å². The Morgan fingerprint density at radius 2 is 1.90 bits per heavy atom. The van der Waals surface area contributed by atoms with Gasteiger partial charge in [-0.3, -0.25) is 4.98 Å². The molecule has 21 heavy (non-hydrogen) atoms. The van der Waals surface area contributed by atoms with Crippen molar-refractivity contribution in [2.24, 2.45) is 5.92 Å². The van der Waals surface area contributed by atoms with Gasteiger partial charge in [0, 0.05) is 31.5 Å². The van der Waals surface area contributed by atoms with Crippen LogP contribution in [-0.2, 0) is 0 Å². The van der Waals surface area contributed by atoms with Crippen molar-refractivity contribution in [3.8, 4) is 0 Å². The fourth-order valence-corrected chi connectivity index (χ4v) is 3.25. The highest BCUT2D eigenvalue weighted by Gasteiger charge is 2.26. The molecule has 0 saturated carbocycles. The van der Waals surface area contributed by atoms with E-state index in [9.17, 15) is 0 Å². The summed E-state index contributed by atoms with van der Waals surface area (Å²) in [6.45, 7) is 9.36. The first-order valence-corrected chi connectivity index (χ1v) is 8.70. The summed E-state index contributed by atoms with van der Waals surface area (Å²) in [4.78, 5) is 4.19. The van der Waals surface area contributed by atoms with Crippen LogP contribution in [0.2, 0.25) is 0 Å². The number of nitrogens with zero attached hydrogens (tertiary/aromatic N) is 3. The van der Waals surface area contributed by atoms with Crippen molar-refractivity contribution >= 4 is 5.69 Å². The van der Waals surface area contributed by atoms with Gasteiger partial charge in [0.05, 0.1) is 5.69 Å². The van der Waals surface area contributed by atoms with Gasteiger partial charge in [0.15, 0.2) is 0 Å². The summed E-state index contributed by atoms with van der Waals surface area (Å²) >= 11 is 0. The zero-order valence-corrected chi connectivity index (χ0v) is 14.0. The summed E-state index contributed by atoms with van der Waals surface area (Å²) in [5, 5.41) is 5.16. The van der Waals surface area contributed by atoms with Crippen LogP contribution in [0.25, 0.3) is 0 Å². The van der Waals surface area contributed by atoms with Crippen LogP contribution in [0.4, 0.5) is 5.69 Å². The predicted molar refractivity (Wildman–Crippen MR) is 90.3 cm³/mol. The maximum Gasteiger partial charge on any atom is 0.0556 e. The van der Waals surface area contributed by atoms with Crippen molar-refractivity contribution in [2.75, 3.05) is 18.1 Å². The van der Waals surface area contributed by atoms with Crippen molar-refractivity contribution in [3.05, 3.63) is 24.5 Å². The first-order valence-electron chi connectivity index (χ1n) is 8.70. The molecule has 2 heterocycles. The van der Waals surface area contributed by atoms with Crippen LogP contribution < -0.4 is 5.01 Å². The van der Waals surface area contributed by atoms with E-state index in [0.717, 1.165) is 5.92 Å². The average molecular weight is 289 g/mol. The molecule has 0 bridgehead atoms. The zero-order valence-electron chi connectivity index (χ0n) is 14.0. The van der Waals surface area contributed by atoms with Gasteiger partial charge >= 0.3 is 0 Å². The molecular weight excluding hydrogens is 258 g/mol. The minimum Gasteiger partial charge on any atom is -0.303 e. The topological polar surface area (TPSA) is 19.4 Å². The Bertz CT molecular complexity index is 380. The number of hydrogen-bond donors (Lipinski definition) is 0. The number of unbranched alkanes of at least 4 members (excludes halogenated alkanes) is 1. The average Bonchev–Trinajstić information content (AvgIpc) is 2.53. The molecule has 1 saturated heterocycles. The number of aromatic nitrogens is 1. The molecule has 0 radical (unpaired) electrons. The van der Waals surface area contributed by atoms with Crippen LogP contribution in [0.3, 0.4) is 0 Å². The monoisotopic (exact) mass is 289 g/mol. The van der Waals surface area contributed by atoms with E-state index in [1.807, 2.05) is 12.4 Å². The Morgan fingerprint density at radius 3 is 2.48 bits per heavy atom. The molecule has 1 aliphatic heterocycles. The number of piperidine rings is 1. The van der Waals surface area contributed by atoms with Gasteiger partial charge in [-0.1, -0.05) is 33.6 Å². The Balaban J connectivity index is 2.17. The summed E-state index contributed by atoms with van der Waals surface area (Å²) in [5.74, 6) is 0.872. The third kappa shape index (κ3) is 4.44. The molecular formula is C18H31N3. The van der Waals surface area contributed by atoms with Gasteiger partial charge in [-0.25, -0.2) is 5.01 Å². The third-order valence-electron chi connectivity index (χ3n) is 4.70. The first kappa shape index (κ1) is 16.3. The SMILES string of the molecule is CCCCC(CC)N(c1ccncc1)N1CCC(C)CC1. The molecule has 1 aliphatic rings. The Labute approximate surface area is 130 Å². The smallest absolute Gasteiger partial charge is 0.0556 e. The fraction of sp³-hybridized carbons (Fsp3) is 0.722. The van der Waals surface area contributed by atoms with E-state index in [1.54, 1.807) is 0 Å². The van der Waals surface area contributed by atoms with Crippen LogP contribution in [0.5, 0.6) is 0 Å². The van der Waals surface area contributed by atoms with Gasteiger partial charge < -0.3 is 5.01 Å². The second kappa shape index (κ2) is 8.38. The van der Waals surface area contributed by atoms with Gasteiger partial charge in [0.25, 0.3) is 0 Å². The molecule has 0 spiro atoms. The molecule has 0 amide bonds. The van der Waals surface area contributed by atoms with E-state index in [-0.39, 0.29) is 0 Å². The second-order valence-electron chi connectivity index (χ2n) is 6.39. The van der Waals surface area contributed by atoms with Crippen LogP contribution >= 0.6 is 0 Å². The molecule has 1 aromatic rings. The van der Waals surface area contributed by atoms with Gasteiger partial charge in [-0.15, -0.1) is 0 Å². The predicted octanol–water partition coefficient (Wildman–Crippen LogP) is 4.50.